The Morgan fingerprint density at radius 3 is 2.69 bits per heavy atom. The lowest BCUT2D eigenvalue weighted by Crippen LogP contribution is -2.38. The van der Waals surface area contributed by atoms with E-state index in [1.165, 1.54) is 6.29 Å². The lowest BCUT2D eigenvalue weighted by Gasteiger charge is -2.09. The molecule has 0 heterocycles. The Bertz CT molecular complexity index is 339. The topological polar surface area (TPSA) is 75.6 Å². The van der Waals surface area contributed by atoms with E-state index in [-0.39, 0.29) is 6.61 Å². The molecule has 0 saturated carbocycles. The van der Waals surface area contributed by atoms with Gasteiger partial charge in [-0.2, -0.15) is 0 Å². The van der Waals surface area contributed by atoms with Gasteiger partial charge < -0.3 is 15.2 Å². The van der Waals surface area contributed by atoms with Crippen LogP contribution in [-0.4, -0.2) is 30.1 Å². The summed E-state index contributed by atoms with van der Waals surface area (Å²) in [5.41, 5.74) is 0.841. The Kier molecular flexibility index (Phi) is 5.01. The molecule has 0 saturated heterocycles. The second-order valence-corrected chi connectivity index (χ2v) is 3.06. The number of amides is 1. The first kappa shape index (κ1) is 12.2. The molecular weight excluding hydrogens is 210 g/mol. The van der Waals surface area contributed by atoms with Crippen molar-refractivity contribution >= 4 is 12.4 Å². The van der Waals surface area contributed by atoms with Gasteiger partial charge in [0.25, 0.3) is 0 Å². The number of benzene rings is 1. The Balaban J connectivity index is 2.33. The number of rotatable bonds is 5. The lowest BCUT2D eigenvalue weighted by atomic mass is 10.2. The van der Waals surface area contributed by atoms with E-state index in [0.29, 0.717) is 0 Å². The van der Waals surface area contributed by atoms with E-state index < -0.39 is 18.7 Å². The third-order valence-electron chi connectivity index (χ3n) is 1.83. The Morgan fingerprint density at radius 2 is 2.12 bits per heavy atom. The maximum atomic E-state index is 11.1. The molecule has 1 aromatic carbocycles. The van der Waals surface area contributed by atoms with Gasteiger partial charge in [-0.15, -0.1) is 0 Å². The Hall–Kier alpha value is -1.88. The SMILES string of the molecule is O=[C][C@@H](CO)NC(=O)OCc1ccccc1. The highest BCUT2D eigenvalue weighted by molar-refractivity contribution is 5.73. The Labute approximate surface area is 93.0 Å². The first-order valence-corrected chi connectivity index (χ1v) is 4.72. The zero-order valence-electron chi connectivity index (χ0n) is 8.55. The molecule has 1 radical (unpaired) electrons. The number of aliphatic hydroxyl groups excluding tert-OH is 1. The van der Waals surface area contributed by atoms with Crippen molar-refractivity contribution in [1.29, 1.82) is 0 Å². The molecule has 0 aliphatic heterocycles. The van der Waals surface area contributed by atoms with Crippen molar-refractivity contribution in [3.8, 4) is 0 Å². The monoisotopic (exact) mass is 222 g/mol. The molecule has 0 fully saturated rings. The number of hydrogen-bond acceptors (Lipinski definition) is 4. The molecule has 85 valence electrons. The summed E-state index contributed by atoms with van der Waals surface area (Å²) in [7, 11) is 0. The van der Waals surface area contributed by atoms with Gasteiger partial charge in [-0.05, 0) is 5.56 Å². The zero-order valence-corrected chi connectivity index (χ0v) is 8.55. The van der Waals surface area contributed by atoms with Gasteiger partial charge in [0.05, 0.1) is 6.61 Å². The van der Waals surface area contributed by atoms with Gasteiger partial charge in [0, 0.05) is 0 Å². The number of hydrogen-bond donors (Lipinski definition) is 2. The number of aliphatic hydroxyl groups is 1. The van der Waals surface area contributed by atoms with Gasteiger partial charge in [0.1, 0.15) is 12.6 Å². The highest BCUT2D eigenvalue weighted by Gasteiger charge is 2.11. The number of ether oxygens (including phenoxy) is 1. The van der Waals surface area contributed by atoms with Crippen LogP contribution >= 0.6 is 0 Å². The summed E-state index contributed by atoms with van der Waals surface area (Å²) >= 11 is 0. The minimum absolute atomic E-state index is 0.115. The quantitative estimate of drug-likeness (QED) is 0.755. The Morgan fingerprint density at radius 1 is 1.44 bits per heavy atom. The van der Waals surface area contributed by atoms with Gasteiger partial charge in [-0.3, -0.25) is 4.79 Å². The molecule has 1 rings (SSSR count). The van der Waals surface area contributed by atoms with Crippen molar-refractivity contribution < 1.29 is 19.4 Å². The van der Waals surface area contributed by atoms with Gasteiger partial charge in [0.15, 0.2) is 0 Å². The average Bonchev–Trinajstić information content (AvgIpc) is 2.34. The van der Waals surface area contributed by atoms with Crippen molar-refractivity contribution in [3.63, 3.8) is 0 Å². The van der Waals surface area contributed by atoms with Crippen molar-refractivity contribution in [2.45, 2.75) is 12.6 Å². The summed E-state index contributed by atoms with van der Waals surface area (Å²) in [5, 5.41) is 10.8. The van der Waals surface area contributed by atoms with E-state index in [1.54, 1.807) is 0 Å². The fourth-order valence-electron chi connectivity index (χ4n) is 1.02. The van der Waals surface area contributed by atoms with E-state index >= 15 is 0 Å². The fraction of sp³-hybridized carbons (Fsp3) is 0.273. The first-order chi connectivity index (χ1) is 7.76. The van der Waals surface area contributed by atoms with E-state index in [9.17, 15) is 9.59 Å². The standard InChI is InChI=1S/C11H12NO4/c13-6-10(7-14)12-11(15)16-8-9-4-2-1-3-5-9/h1-5,10,13H,6,8H2,(H,12,15)/t10-/m1/s1. The van der Waals surface area contributed by atoms with Crippen LogP contribution in [0.4, 0.5) is 4.79 Å². The summed E-state index contributed by atoms with van der Waals surface area (Å²) in [6.07, 6.45) is 0.711. The highest BCUT2D eigenvalue weighted by atomic mass is 16.5. The molecule has 0 unspecified atom stereocenters. The van der Waals surface area contributed by atoms with Crippen LogP contribution in [0.3, 0.4) is 0 Å². The number of alkyl carbamates (subject to hydrolysis) is 1. The molecule has 0 aliphatic carbocycles. The van der Waals surface area contributed by atoms with Crippen LogP contribution in [0.2, 0.25) is 0 Å². The van der Waals surface area contributed by atoms with Gasteiger partial charge >= 0.3 is 6.09 Å². The number of carbonyl (C=O) groups excluding carboxylic acids is 2. The third kappa shape index (κ3) is 4.10. The number of nitrogens with one attached hydrogen (secondary N) is 1. The van der Waals surface area contributed by atoms with Crippen LogP contribution in [0.5, 0.6) is 0 Å². The second-order valence-electron chi connectivity index (χ2n) is 3.06. The van der Waals surface area contributed by atoms with Gasteiger partial charge in [0.2, 0.25) is 6.29 Å². The van der Waals surface area contributed by atoms with Gasteiger partial charge in [-0.1, -0.05) is 30.3 Å². The molecule has 1 atom stereocenters. The molecule has 5 heteroatoms. The van der Waals surface area contributed by atoms with E-state index in [4.69, 9.17) is 9.84 Å². The van der Waals surface area contributed by atoms with Crippen molar-refractivity contribution in [2.24, 2.45) is 0 Å². The predicted octanol–water partition coefficient (Wildman–Crippen LogP) is 0.383. The smallest absolute Gasteiger partial charge is 0.408 e. The molecule has 2 N–H and O–H groups in total. The molecule has 0 bridgehead atoms. The molecule has 0 aliphatic rings. The summed E-state index contributed by atoms with van der Waals surface area (Å²) in [6, 6.07) is 8.08. The normalized spacial score (nSPS) is 11.6. The first-order valence-electron chi connectivity index (χ1n) is 4.72. The minimum atomic E-state index is -1.04. The van der Waals surface area contributed by atoms with Crippen LogP contribution in [0, 0.1) is 0 Å². The van der Waals surface area contributed by atoms with E-state index in [0.717, 1.165) is 5.56 Å². The highest BCUT2D eigenvalue weighted by Crippen LogP contribution is 2.00. The minimum Gasteiger partial charge on any atom is -0.445 e. The van der Waals surface area contributed by atoms with E-state index in [2.05, 4.69) is 5.32 Å². The second kappa shape index (κ2) is 6.58. The molecular formula is C11H12NO4. The molecule has 5 nitrogen and oxygen atoms in total. The molecule has 0 spiro atoms. The summed E-state index contributed by atoms with van der Waals surface area (Å²) in [5.74, 6) is 0. The predicted molar refractivity (Wildman–Crippen MR) is 56.3 cm³/mol. The van der Waals surface area contributed by atoms with Crippen molar-refractivity contribution in [3.05, 3.63) is 35.9 Å². The molecule has 16 heavy (non-hydrogen) atoms. The maximum Gasteiger partial charge on any atom is 0.408 e. The molecule has 1 amide bonds. The van der Waals surface area contributed by atoms with Crippen molar-refractivity contribution in [2.75, 3.05) is 6.61 Å². The average molecular weight is 222 g/mol. The molecule has 1 aromatic rings. The third-order valence-corrected chi connectivity index (χ3v) is 1.83. The van der Waals surface area contributed by atoms with Crippen LogP contribution in [-0.2, 0) is 16.1 Å². The largest absolute Gasteiger partial charge is 0.445 e. The van der Waals surface area contributed by atoms with Gasteiger partial charge in [-0.25, -0.2) is 4.79 Å². The maximum absolute atomic E-state index is 11.1. The van der Waals surface area contributed by atoms with Crippen LogP contribution in [0.1, 0.15) is 5.56 Å². The summed E-state index contributed by atoms with van der Waals surface area (Å²) < 4.78 is 4.82. The van der Waals surface area contributed by atoms with Crippen molar-refractivity contribution in [1.82, 2.24) is 5.32 Å². The van der Waals surface area contributed by atoms with Crippen LogP contribution in [0.15, 0.2) is 30.3 Å². The lowest BCUT2D eigenvalue weighted by molar-refractivity contribution is 0.133. The number of carbonyl (C=O) groups is 1. The van der Waals surface area contributed by atoms with Crippen LogP contribution in [0.25, 0.3) is 0 Å². The fourth-order valence-corrected chi connectivity index (χ4v) is 1.02. The van der Waals surface area contributed by atoms with Crippen LogP contribution < -0.4 is 5.32 Å². The molecule has 0 aromatic heterocycles. The summed E-state index contributed by atoms with van der Waals surface area (Å²) in [6.45, 7) is -0.381. The summed E-state index contributed by atoms with van der Waals surface area (Å²) in [4.78, 5) is 21.3. The van der Waals surface area contributed by atoms with E-state index in [1.807, 2.05) is 30.3 Å². The zero-order chi connectivity index (χ0) is 11.8.